The van der Waals surface area contributed by atoms with Crippen molar-refractivity contribution in [1.29, 1.82) is 0 Å². The molecule has 1 nitrogen and oxygen atoms in total. The smallest absolute Gasteiger partial charge is 0.127 e. The first-order chi connectivity index (χ1) is 5.16. The van der Waals surface area contributed by atoms with Crippen molar-refractivity contribution in [2.75, 3.05) is 0 Å². The van der Waals surface area contributed by atoms with E-state index in [1.807, 2.05) is 0 Å². The molecule has 1 rings (SSSR count). The third kappa shape index (κ3) is 1.52. The van der Waals surface area contributed by atoms with Gasteiger partial charge in [-0.15, -0.1) is 0 Å². The van der Waals surface area contributed by atoms with E-state index in [2.05, 4.69) is 20.8 Å². The normalized spacial score (nSPS) is 32.3. The second-order valence-electron chi connectivity index (χ2n) is 3.64. The van der Waals surface area contributed by atoms with Crippen LogP contribution in [0.1, 0.15) is 33.6 Å². The summed E-state index contributed by atoms with van der Waals surface area (Å²) in [7, 11) is 0. The SMILES string of the molecule is CC1=C(C)C(C=O)C(C)CC1. The van der Waals surface area contributed by atoms with Crippen LogP contribution in [0.4, 0.5) is 0 Å². The van der Waals surface area contributed by atoms with Crippen molar-refractivity contribution < 1.29 is 4.79 Å². The van der Waals surface area contributed by atoms with E-state index in [1.165, 1.54) is 24.0 Å². The average molecular weight is 152 g/mol. The van der Waals surface area contributed by atoms with Gasteiger partial charge in [0.15, 0.2) is 0 Å². The summed E-state index contributed by atoms with van der Waals surface area (Å²) in [5.74, 6) is 0.750. The van der Waals surface area contributed by atoms with Crippen molar-refractivity contribution in [2.24, 2.45) is 11.8 Å². The van der Waals surface area contributed by atoms with Gasteiger partial charge in [0.25, 0.3) is 0 Å². The Morgan fingerprint density at radius 2 is 2.09 bits per heavy atom. The third-order valence-corrected chi connectivity index (χ3v) is 2.91. The predicted octanol–water partition coefficient (Wildman–Crippen LogP) is 2.57. The van der Waals surface area contributed by atoms with Gasteiger partial charge in [-0.25, -0.2) is 0 Å². The van der Waals surface area contributed by atoms with Gasteiger partial charge in [-0.2, -0.15) is 0 Å². The molecule has 0 aromatic rings. The van der Waals surface area contributed by atoms with Crippen molar-refractivity contribution >= 4 is 6.29 Å². The lowest BCUT2D eigenvalue weighted by molar-refractivity contribution is -0.111. The van der Waals surface area contributed by atoms with Crippen LogP contribution in [0, 0.1) is 11.8 Å². The number of aldehydes is 1. The van der Waals surface area contributed by atoms with Gasteiger partial charge in [-0.1, -0.05) is 18.1 Å². The van der Waals surface area contributed by atoms with Gasteiger partial charge in [0.05, 0.1) is 0 Å². The lowest BCUT2D eigenvalue weighted by Gasteiger charge is -2.26. The molecule has 0 aliphatic heterocycles. The van der Waals surface area contributed by atoms with E-state index < -0.39 is 0 Å². The second kappa shape index (κ2) is 3.21. The van der Waals surface area contributed by atoms with Crippen molar-refractivity contribution in [3.63, 3.8) is 0 Å². The molecule has 0 heterocycles. The molecule has 0 amide bonds. The Labute approximate surface area is 68.5 Å². The fourth-order valence-electron chi connectivity index (χ4n) is 1.77. The molecule has 2 unspecified atom stereocenters. The van der Waals surface area contributed by atoms with Crippen LogP contribution in [0.15, 0.2) is 11.1 Å². The van der Waals surface area contributed by atoms with Gasteiger partial charge in [-0.05, 0) is 32.6 Å². The highest BCUT2D eigenvalue weighted by Crippen LogP contribution is 2.32. The maximum absolute atomic E-state index is 10.7. The van der Waals surface area contributed by atoms with E-state index in [9.17, 15) is 4.79 Å². The van der Waals surface area contributed by atoms with Gasteiger partial charge in [0.1, 0.15) is 6.29 Å². The van der Waals surface area contributed by atoms with Gasteiger partial charge in [0, 0.05) is 5.92 Å². The maximum atomic E-state index is 10.7. The molecule has 0 aromatic heterocycles. The zero-order valence-electron chi connectivity index (χ0n) is 7.55. The molecule has 0 saturated carbocycles. The maximum Gasteiger partial charge on any atom is 0.127 e. The Morgan fingerprint density at radius 3 is 2.55 bits per heavy atom. The Balaban J connectivity index is 2.87. The van der Waals surface area contributed by atoms with Crippen LogP contribution in [0.3, 0.4) is 0 Å². The van der Waals surface area contributed by atoms with E-state index in [0.717, 1.165) is 6.29 Å². The first-order valence-corrected chi connectivity index (χ1v) is 4.28. The number of rotatable bonds is 1. The van der Waals surface area contributed by atoms with Crippen LogP contribution in [0.2, 0.25) is 0 Å². The molecule has 0 bridgehead atoms. The quantitative estimate of drug-likeness (QED) is 0.417. The number of allylic oxidation sites excluding steroid dienone is 2. The van der Waals surface area contributed by atoms with E-state index in [1.54, 1.807) is 0 Å². The van der Waals surface area contributed by atoms with Crippen molar-refractivity contribution in [3.05, 3.63) is 11.1 Å². The van der Waals surface area contributed by atoms with Crippen molar-refractivity contribution in [1.82, 2.24) is 0 Å². The molecule has 0 spiro atoms. The average Bonchev–Trinajstić information content (AvgIpc) is 1.99. The summed E-state index contributed by atoms with van der Waals surface area (Å²) >= 11 is 0. The molecule has 62 valence electrons. The highest BCUT2D eigenvalue weighted by molar-refractivity contribution is 5.60. The minimum Gasteiger partial charge on any atom is -0.303 e. The predicted molar refractivity (Wildman–Crippen MR) is 46.3 cm³/mol. The molecular formula is C10H16O. The molecule has 0 saturated heterocycles. The summed E-state index contributed by atoms with van der Waals surface area (Å²) in [6, 6.07) is 0. The summed E-state index contributed by atoms with van der Waals surface area (Å²) in [4.78, 5) is 10.7. The van der Waals surface area contributed by atoms with Crippen LogP contribution < -0.4 is 0 Å². The van der Waals surface area contributed by atoms with Crippen LogP contribution in [-0.2, 0) is 4.79 Å². The number of carbonyl (C=O) groups is 1. The van der Waals surface area contributed by atoms with Gasteiger partial charge in [-0.3, -0.25) is 0 Å². The fraction of sp³-hybridized carbons (Fsp3) is 0.700. The molecule has 0 N–H and O–H groups in total. The minimum atomic E-state index is 0.198. The van der Waals surface area contributed by atoms with Gasteiger partial charge >= 0.3 is 0 Å². The standard InChI is InChI=1S/C10H16O/c1-7-4-5-8(2)10(6-11)9(7)3/h6,8,10H,4-5H2,1-3H3. The zero-order chi connectivity index (χ0) is 8.43. The van der Waals surface area contributed by atoms with Crippen LogP contribution in [-0.4, -0.2) is 6.29 Å². The largest absolute Gasteiger partial charge is 0.303 e. The molecular weight excluding hydrogens is 136 g/mol. The third-order valence-electron chi connectivity index (χ3n) is 2.91. The Hall–Kier alpha value is -0.590. The highest BCUT2D eigenvalue weighted by Gasteiger charge is 2.23. The van der Waals surface area contributed by atoms with Crippen LogP contribution in [0.5, 0.6) is 0 Å². The summed E-state index contributed by atoms with van der Waals surface area (Å²) < 4.78 is 0. The first kappa shape index (κ1) is 8.51. The molecule has 0 radical (unpaired) electrons. The Morgan fingerprint density at radius 1 is 1.45 bits per heavy atom. The summed E-state index contributed by atoms with van der Waals surface area (Å²) in [6.07, 6.45) is 3.45. The Kier molecular flexibility index (Phi) is 2.48. The number of hydrogen-bond acceptors (Lipinski definition) is 1. The fourth-order valence-corrected chi connectivity index (χ4v) is 1.77. The molecule has 1 aliphatic carbocycles. The van der Waals surface area contributed by atoms with E-state index in [4.69, 9.17) is 0 Å². The number of hydrogen-bond donors (Lipinski definition) is 0. The monoisotopic (exact) mass is 152 g/mol. The lowest BCUT2D eigenvalue weighted by atomic mass is 9.78. The van der Waals surface area contributed by atoms with E-state index in [-0.39, 0.29) is 5.92 Å². The molecule has 1 heteroatoms. The molecule has 1 aliphatic rings. The van der Waals surface area contributed by atoms with Gasteiger partial charge in [0.2, 0.25) is 0 Å². The second-order valence-corrected chi connectivity index (χ2v) is 3.64. The summed E-state index contributed by atoms with van der Waals surface area (Å²) in [5, 5.41) is 0. The summed E-state index contributed by atoms with van der Waals surface area (Å²) in [5.41, 5.74) is 2.72. The molecule has 0 aromatic carbocycles. The van der Waals surface area contributed by atoms with Crippen LogP contribution >= 0.6 is 0 Å². The summed E-state index contributed by atoms with van der Waals surface area (Å²) in [6.45, 7) is 6.39. The zero-order valence-corrected chi connectivity index (χ0v) is 7.55. The number of carbonyl (C=O) groups excluding carboxylic acids is 1. The van der Waals surface area contributed by atoms with E-state index >= 15 is 0 Å². The van der Waals surface area contributed by atoms with Crippen LogP contribution in [0.25, 0.3) is 0 Å². The highest BCUT2D eigenvalue weighted by atomic mass is 16.1. The molecule has 0 fully saturated rings. The van der Waals surface area contributed by atoms with Crippen molar-refractivity contribution in [3.8, 4) is 0 Å². The van der Waals surface area contributed by atoms with E-state index in [0.29, 0.717) is 5.92 Å². The van der Waals surface area contributed by atoms with Gasteiger partial charge < -0.3 is 4.79 Å². The minimum absolute atomic E-state index is 0.198. The first-order valence-electron chi connectivity index (χ1n) is 4.28. The lowest BCUT2D eigenvalue weighted by Crippen LogP contribution is -2.19. The molecule has 11 heavy (non-hydrogen) atoms. The van der Waals surface area contributed by atoms with Crippen molar-refractivity contribution in [2.45, 2.75) is 33.6 Å². The molecule has 2 atom stereocenters. The Bertz CT molecular complexity index is 191. The topological polar surface area (TPSA) is 17.1 Å².